The molecule has 20 heavy (non-hydrogen) atoms. The van der Waals surface area contributed by atoms with Gasteiger partial charge in [0.25, 0.3) is 0 Å². The number of hydrogen-bond donors (Lipinski definition) is 1. The van der Waals surface area contributed by atoms with E-state index in [0.29, 0.717) is 5.65 Å². The van der Waals surface area contributed by atoms with Gasteiger partial charge in [-0.25, -0.2) is 0 Å². The zero-order chi connectivity index (χ0) is 13.8. The van der Waals surface area contributed by atoms with Crippen LogP contribution in [0.1, 0.15) is 18.1 Å². The lowest BCUT2D eigenvalue weighted by molar-refractivity contribution is 0.733. The van der Waals surface area contributed by atoms with Crippen LogP contribution >= 0.6 is 0 Å². The molecule has 1 N–H and O–H groups in total. The summed E-state index contributed by atoms with van der Waals surface area (Å²) >= 11 is 0. The molecule has 0 unspecified atom stereocenters. The Bertz CT molecular complexity index is 688. The average molecular weight is 268 g/mol. The summed E-state index contributed by atoms with van der Waals surface area (Å²) in [7, 11) is 0. The highest BCUT2D eigenvalue weighted by Crippen LogP contribution is 2.07. The van der Waals surface area contributed by atoms with Crippen molar-refractivity contribution in [1.82, 2.24) is 25.3 Å². The maximum absolute atomic E-state index is 4.26. The van der Waals surface area contributed by atoms with E-state index >= 15 is 0 Å². The molecule has 6 heteroatoms. The van der Waals surface area contributed by atoms with Gasteiger partial charge < -0.3 is 5.32 Å². The third kappa shape index (κ3) is 2.74. The standard InChI is InChI=1S/C14H16N6/c1-2-11-3-5-12(6-4-11)9-10-15-13-7-8-14-16-18-19-20(14)17-13/h3-8H,2,9-10H2,1H3,(H,15,17). The highest BCUT2D eigenvalue weighted by atomic mass is 15.6. The van der Waals surface area contributed by atoms with Gasteiger partial charge in [0.2, 0.25) is 0 Å². The summed E-state index contributed by atoms with van der Waals surface area (Å²) in [6.07, 6.45) is 2.04. The van der Waals surface area contributed by atoms with Gasteiger partial charge in [0, 0.05) is 6.54 Å². The molecule has 0 amide bonds. The Morgan fingerprint density at radius 1 is 1.05 bits per heavy atom. The second-order valence-corrected chi connectivity index (χ2v) is 4.59. The number of nitrogens with one attached hydrogen (secondary N) is 1. The Labute approximate surface area is 116 Å². The summed E-state index contributed by atoms with van der Waals surface area (Å²) < 4.78 is 1.42. The Morgan fingerprint density at radius 3 is 2.65 bits per heavy atom. The van der Waals surface area contributed by atoms with Gasteiger partial charge in [0.15, 0.2) is 5.65 Å². The summed E-state index contributed by atoms with van der Waals surface area (Å²) in [6.45, 7) is 2.99. The highest BCUT2D eigenvalue weighted by molar-refractivity contribution is 5.42. The molecule has 0 radical (unpaired) electrons. The van der Waals surface area contributed by atoms with E-state index in [0.717, 1.165) is 25.2 Å². The van der Waals surface area contributed by atoms with Gasteiger partial charge in [0.05, 0.1) is 0 Å². The molecule has 0 aliphatic heterocycles. The van der Waals surface area contributed by atoms with Crippen molar-refractivity contribution < 1.29 is 0 Å². The van der Waals surface area contributed by atoms with E-state index in [4.69, 9.17) is 0 Å². The first kappa shape index (κ1) is 12.5. The number of anilines is 1. The van der Waals surface area contributed by atoms with E-state index in [2.05, 4.69) is 57.1 Å². The normalized spacial score (nSPS) is 10.8. The largest absolute Gasteiger partial charge is 0.368 e. The predicted octanol–water partition coefficient (Wildman–Crippen LogP) is 1.74. The van der Waals surface area contributed by atoms with E-state index in [1.807, 2.05) is 12.1 Å². The Kier molecular flexibility index (Phi) is 3.54. The molecule has 102 valence electrons. The van der Waals surface area contributed by atoms with Gasteiger partial charge >= 0.3 is 0 Å². The van der Waals surface area contributed by atoms with Crippen molar-refractivity contribution in [2.24, 2.45) is 0 Å². The van der Waals surface area contributed by atoms with Gasteiger partial charge in [-0.3, -0.25) is 0 Å². The number of aromatic nitrogens is 5. The molecular weight excluding hydrogens is 252 g/mol. The smallest absolute Gasteiger partial charge is 0.200 e. The van der Waals surface area contributed by atoms with E-state index < -0.39 is 0 Å². The topological polar surface area (TPSA) is 68.0 Å². The fourth-order valence-corrected chi connectivity index (χ4v) is 2.02. The quantitative estimate of drug-likeness (QED) is 0.763. The van der Waals surface area contributed by atoms with Gasteiger partial charge in [-0.15, -0.1) is 14.8 Å². The molecule has 0 saturated heterocycles. The summed E-state index contributed by atoms with van der Waals surface area (Å²) in [5.41, 5.74) is 3.33. The van der Waals surface area contributed by atoms with Gasteiger partial charge in [-0.1, -0.05) is 31.2 Å². The van der Waals surface area contributed by atoms with Crippen LogP contribution in [0.25, 0.3) is 5.65 Å². The summed E-state index contributed by atoms with van der Waals surface area (Å²) in [4.78, 5) is 0. The molecular formula is C14H16N6. The average Bonchev–Trinajstić information content (AvgIpc) is 2.95. The highest BCUT2D eigenvalue weighted by Gasteiger charge is 2.00. The monoisotopic (exact) mass is 268 g/mol. The molecule has 6 nitrogen and oxygen atoms in total. The molecule has 0 saturated carbocycles. The van der Waals surface area contributed by atoms with Crippen LogP contribution in [0, 0.1) is 0 Å². The van der Waals surface area contributed by atoms with Gasteiger partial charge in [-0.2, -0.15) is 0 Å². The molecule has 0 bridgehead atoms. The number of nitrogens with zero attached hydrogens (tertiary/aromatic N) is 5. The maximum Gasteiger partial charge on any atom is 0.200 e. The lowest BCUT2D eigenvalue weighted by Crippen LogP contribution is -2.08. The van der Waals surface area contributed by atoms with Crippen molar-refractivity contribution in [3.63, 3.8) is 0 Å². The fourth-order valence-electron chi connectivity index (χ4n) is 2.02. The molecule has 0 fully saturated rings. The zero-order valence-electron chi connectivity index (χ0n) is 11.3. The molecule has 0 aliphatic rings. The van der Waals surface area contributed by atoms with Crippen molar-refractivity contribution in [2.75, 3.05) is 11.9 Å². The third-order valence-electron chi connectivity index (χ3n) is 3.22. The van der Waals surface area contributed by atoms with Crippen molar-refractivity contribution >= 4 is 11.5 Å². The number of tetrazole rings is 1. The van der Waals surface area contributed by atoms with Crippen molar-refractivity contribution in [3.8, 4) is 0 Å². The van der Waals surface area contributed by atoms with Crippen LogP contribution in [0.4, 0.5) is 5.82 Å². The Hall–Kier alpha value is -2.50. The summed E-state index contributed by atoms with van der Waals surface area (Å²) in [5, 5.41) is 18.7. The van der Waals surface area contributed by atoms with E-state index in [9.17, 15) is 0 Å². The number of benzene rings is 1. The minimum absolute atomic E-state index is 0.644. The predicted molar refractivity (Wildman–Crippen MR) is 76.6 cm³/mol. The van der Waals surface area contributed by atoms with Crippen molar-refractivity contribution in [2.45, 2.75) is 19.8 Å². The first-order valence-electron chi connectivity index (χ1n) is 6.72. The van der Waals surface area contributed by atoms with Crippen LogP contribution in [0.15, 0.2) is 36.4 Å². The van der Waals surface area contributed by atoms with E-state index in [-0.39, 0.29) is 0 Å². The van der Waals surface area contributed by atoms with Crippen LogP contribution in [-0.2, 0) is 12.8 Å². The summed E-state index contributed by atoms with van der Waals surface area (Å²) in [5.74, 6) is 0.773. The van der Waals surface area contributed by atoms with Crippen LogP contribution < -0.4 is 5.32 Å². The van der Waals surface area contributed by atoms with Crippen LogP contribution in [0.3, 0.4) is 0 Å². The minimum atomic E-state index is 0.644. The molecule has 3 aromatic rings. The van der Waals surface area contributed by atoms with Crippen LogP contribution in [0.5, 0.6) is 0 Å². The van der Waals surface area contributed by atoms with Gasteiger partial charge in [0.1, 0.15) is 5.82 Å². The van der Waals surface area contributed by atoms with Crippen LogP contribution in [-0.4, -0.2) is 31.8 Å². The molecule has 0 atom stereocenters. The number of aryl methyl sites for hydroxylation is 1. The molecule has 3 rings (SSSR count). The van der Waals surface area contributed by atoms with E-state index in [1.54, 1.807) is 0 Å². The second kappa shape index (κ2) is 5.64. The maximum atomic E-state index is 4.26. The lowest BCUT2D eigenvalue weighted by Gasteiger charge is -2.06. The minimum Gasteiger partial charge on any atom is -0.368 e. The number of rotatable bonds is 5. The molecule has 2 aromatic heterocycles. The molecule has 1 aromatic carbocycles. The Morgan fingerprint density at radius 2 is 1.85 bits per heavy atom. The molecule has 2 heterocycles. The zero-order valence-corrected chi connectivity index (χ0v) is 11.3. The fraction of sp³-hybridized carbons (Fsp3) is 0.286. The van der Waals surface area contributed by atoms with Crippen molar-refractivity contribution in [3.05, 3.63) is 47.5 Å². The van der Waals surface area contributed by atoms with Crippen LogP contribution in [0.2, 0.25) is 0 Å². The van der Waals surface area contributed by atoms with Crippen molar-refractivity contribution in [1.29, 1.82) is 0 Å². The first-order valence-corrected chi connectivity index (χ1v) is 6.72. The number of hydrogen-bond acceptors (Lipinski definition) is 5. The number of fused-ring (bicyclic) bond motifs is 1. The Balaban J connectivity index is 1.58. The lowest BCUT2D eigenvalue weighted by atomic mass is 10.1. The van der Waals surface area contributed by atoms with Gasteiger partial charge in [-0.05, 0) is 46.5 Å². The molecule has 0 aliphatic carbocycles. The first-order chi connectivity index (χ1) is 9.85. The molecule has 0 spiro atoms. The van der Waals surface area contributed by atoms with E-state index in [1.165, 1.54) is 15.8 Å². The summed E-state index contributed by atoms with van der Waals surface area (Å²) in [6, 6.07) is 12.4. The second-order valence-electron chi connectivity index (χ2n) is 4.59. The SMILES string of the molecule is CCc1ccc(CCNc2ccc3nnnn3n2)cc1. The third-order valence-corrected chi connectivity index (χ3v) is 3.22.